The van der Waals surface area contributed by atoms with Gasteiger partial charge in [0.25, 0.3) is 5.91 Å². The van der Waals surface area contributed by atoms with Crippen molar-refractivity contribution in [1.82, 2.24) is 9.88 Å². The highest BCUT2D eigenvalue weighted by molar-refractivity contribution is 6.04. The molecule has 152 valence electrons. The zero-order valence-electron chi connectivity index (χ0n) is 16.6. The van der Waals surface area contributed by atoms with E-state index in [4.69, 9.17) is 4.74 Å². The van der Waals surface area contributed by atoms with Crippen molar-refractivity contribution in [2.24, 2.45) is 0 Å². The Bertz CT molecular complexity index is 861. The number of hydrogen-bond acceptors (Lipinski definition) is 4. The Morgan fingerprint density at radius 2 is 1.90 bits per heavy atom. The molecule has 1 N–H and O–H groups in total. The molecule has 2 heterocycles. The highest BCUT2D eigenvalue weighted by Gasteiger charge is 2.36. The molecule has 0 atom stereocenters. The quantitative estimate of drug-likeness (QED) is 0.806. The molecule has 1 aliphatic heterocycles. The van der Waals surface area contributed by atoms with E-state index in [1.54, 1.807) is 47.5 Å². The summed E-state index contributed by atoms with van der Waals surface area (Å²) >= 11 is 0. The van der Waals surface area contributed by atoms with E-state index in [2.05, 4.69) is 10.3 Å². The average molecular weight is 394 g/mol. The average Bonchev–Trinajstić information content (AvgIpc) is 3.39. The van der Waals surface area contributed by atoms with Crippen molar-refractivity contribution >= 4 is 23.4 Å². The number of ether oxygens (including phenoxy) is 1. The molecule has 0 radical (unpaired) electrons. The van der Waals surface area contributed by atoms with Gasteiger partial charge < -0.3 is 15.0 Å². The van der Waals surface area contributed by atoms with Gasteiger partial charge >= 0.3 is 6.03 Å². The van der Waals surface area contributed by atoms with E-state index < -0.39 is 0 Å². The first-order chi connectivity index (χ1) is 14.2. The Kier molecular flexibility index (Phi) is 5.64. The predicted octanol–water partition coefficient (Wildman–Crippen LogP) is 3.92. The Labute approximate surface area is 170 Å². The third-order valence-corrected chi connectivity index (χ3v) is 5.52. The van der Waals surface area contributed by atoms with Crippen LogP contribution in [0.2, 0.25) is 0 Å². The smallest absolute Gasteiger partial charge is 0.326 e. The Morgan fingerprint density at radius 1 is 1.14 bits per heavy atom. The minimum atomic E-state index is -0.216. The van der Waals surface area contributed by atoms with Crippen LogP contribution in [0.1, 0.15) is 43.0 Å². The second-order valence-electron chi connectivity index (χ2n) is 7.38. The number of benzene rings is 1. The minimum absolute atomic E-state index is 0.0376. The molecule has 0 spiro atoms. The van der Waals surface area contributed by atoms with Crippen LogP contribution in [0.4, 0.5) is 16.3 Å². The number of anilines is 2. The van der Waals surface area contributed by atoms with Gasteiger partial charge in [-0.05, 0) is 56.2 Å². The van der Waals surface area contributed by atoms with Crippen molar-refractivity contribution in [3.8, 4) is 5.75 Å². The lowest BCUT2D eigenvalue weighted by atomic mass is 10.2. The Morgan fingerprint density at radius 3 is 2.55 bits per heavy atom. The predicted molar refractivity (Wildman–Crippen MR) is 112 cm³/mol. The number of aromatic nitrogens is 1. The summed E-state index contributed by atoms with van der Waals surface area (Å²) in [6.45, 7) is 3.91. The largest absolute Gasteiger partial charge is 0.494 e. The van der Waals surface area contributed by atoms with Gasteiger partial charge in [0, 0.05) is 24.7 Å². The van der Waals surface area contributed by atoms with Crippen molar-refractivity contribution in [3.63, 3.8) is 0 Å². The molecule has 1 aromatic heterocycles. The fraction of sp³-hybridized carbons (Fsp3) is 0.409. The molecule has 1 saturated carbocycles. The van der Waals surface area contributed by atoms with Crippen LogP contribution in [0.5, 0.6) is 5.75 Å². The summed E-state index contributed by atoms with van der Waals surface area (Å²) in [5.41, 5.74) is 1.13. The van der Waals surface area contributed by atoms with Crippen molar-refractivity contribution in [1.29, 1.82) is 0 Å². The summed E-state index contributed by atoms with van der Waals surface area (Å²) in [5.74, 6) is 1.14. The van der Waals surface area contributed by atoms with Gasteiger partial charge in [-0.2, -0.15) is 0 Å². The molecule has 1 saturated heterocycles. The van der Waals surface area contributed by atoms with Gasteiger partial charge in [-0.25, -0.2) is 9.78 Å². The zero-order chi connectivity index (χ0) is 20.2. The number of urea groups is 1. The van der Waals surface area contributed by atoms with Gasteiger partial charge in [0.15, 0.2) is 0 Å². The molecule has 2 aromatic rings. The molecule has 0 bridgehead atoms. The monoisotopic (exact) mass is 394 g/mol. The summed E-state index contributed by atoms with van der Waals surface area (Å²) in [5, 5.41) is 2.84. The van der Waals surface area contributed by atoms with Gasteiger partial charge in [-0.1, -0.05) is 12.8 Å². The molecule has 7 nitrogen and oxygen atoms in total. The van der Waals surface area contributed by atoms with E-state index in [1.807, 2.05) is 11.8 Å². The van der Waals surface area contributed by atoms with E-state index in [1.165, 1.54) is 12.8 Å². The van der Waals surface area contributed by atoms with Crippen LogP contribution in [0.3, 0.4) is 0 Å². The Hall–Kier alpha value is -3.09. The number of nitrogens with zero attached hydrogens (tertiary/aromatic N) is 3. The third-order valence-electron chi connectivity index (χ3n) is 5.52. The first-order valence-electron chi connectivity index (χ1n) is 10.2. The molecule has 3 amide bonds. The van der Waals surface area contributed by atoms with Crippen molar-refractivity contribution < 1.29 is 14.3 Å². The number of amides is 3. The van der Waals surface area contributed by atoms with Crippen molar-refractivity contribution in [3.05, 3.63) is 48.2 Å². The normalized spacial score (nSPS) is 17.1. The van der Waals surface area contributed by atoms with Gasteiger partial charge in [-0.15, -0.1) is 0 Å². The maximum Gasteiger partial charge on any atom is 0.326 e. The maximum absolute atomic E-state index is 12.7. The topological polar surface area (TPSA) is 74.8 Å². The van der Waals surface area contributed by atoms with Gasteiger partial charge in [0.05, 0.1) is 18.5 Å². The molecule has 1 aliphatic carbocycles. The standard InChI is InChI=1S/C22H26N4O3/c1-2-29-19-10-7-16(8-11-19)21(27)24-17-9-12-20(23-15-17)26-14-13-25(22(26)28)18-5-3-4-6-18/h7-12,15,18H,2-6,13-14H2,1H3,(H,24,27). The fourth-order valence-corrected chi connectivity index (χ4v) is 4.01. The first kappa shape index (κ1) is 19.2. The Balaban J connectivity index is 1.37. The molecule has 1 aromatic carbocycles. The van der Waals surface area contributed by atoms with Crippen LogP contribution in [0.15, 0.2) is 42.6 Å². The van der Waals surface area contributed by atoms with Crippen LogP contribution in [0.25, 0.3) is 0 Å². The number of nitrogens with one attached hydrogen (secondary N) is 1. The second kappa shape index (κ2) is 8.51. The van der Waals surface area contributed by atoms with E-state index in [9.17, 15) is 9.59 Å². The summed E-state index contributed by atoms with van der Waals surface area (Å²) in [6.07, 6.45) is 6.20. The highest BCUT2D eigenvalue weighted by atomic mass is 16.5. The zero-order valence-corrected chi connectivity index (χ0v) is 16.6. The number of hydrogen-bond donors (Lipinski definition) is 1. The molecular weight excluding hydrogens is 368 g/mol. The summed E-state index contributed by atoms with van der Waals surface area (Å²) in [6, 6.07) is 11.0. The molecule has 0 unspecified atom stereocenters. The van der Waals surface area contributed by atoms with Crippen LogP contribution < -0.4 is 15.0 Å². The first-order valence-corrected chi connectivity index (χ1v) is 10.2. The molecule has 4 rings (SSSR count). The van der Waals surface area contributed by atoms with Gasteiger partial charge in [0.2, 0.25) is 0 Å². The van der Waals surface area contributed by atoms with E-state index in [0.717, 1.165) is 25.1 Å². The lowest BCUT2D eigenvalue weighted by Crippen LogP contribution is -2.38. The number of rotatable bonds is 6. The third kappa shape index (κ3) is 4.18. The van der Waals surface area contributed by atoms with Crippen LogP contribution in [-0.4, -0.2) is 47.6 Å². The maximum atomic E-state index is 12.7. The number of carbonyl (C=O) groups excluding carboxylic acids is 2. The summed E-state index contributed by atoms with van der Waals surface area (Å²) in [4.78, 5) is 33.3. The molecule has 2 aliphatic rings. The van der Waals surface area contributed by atoms with Crippen LogP contribution >= 0.6 is 0 Å². The molecule has 29 heavy (non-hydrogen) atoms. The van der Waals surface area contributed by atoms with Crippen molar-refractivity contribution in [2.75, 3.05) is 29.9 Å². The lowest BCUT2D eigenvalue weighted by molar-refractivity contribution is 0.102. The number of carbonyl (C=O) groups is 2. The number of pyridine rings is 1. The van der Waals surface area contributed by atoms with E-state index in [0.29, 0.717) is 36.3 Å². The molecule has 2 fully saturated rings. The summed E-state index contributed by atoms with van der Waals surface area (Å²) in [7, 11) is 0. The van der Waals surface area contributed by atoms with Crippen LogP contribution in [0, 0.1) is 0 Å². The van der Waals surface area contributed by atoms with E-state index >= 15 is 0 Å². The van der Waals surface area contributed by atoms with Crippen molar-refractivity contribution in [2.45, 2.75) is 38.6 Å². The molecular formula is C22H26N4O3. The second-order valence-corrected chi connectivity index (χ2v) is 7.38. The molecule has 7 heteroatoms. The SMILES string of the molecule is CCOc1ccc(C(=O)Nc2ccc(N3CCN(C4CCCC4)C3=O)nc2)cc1. The van der Waals surface area contributed by atoms with Gasteiger partial charge in [-0.3, -0.25) is 9.69 Å². The van der Waals surface area contributed by atoms with Gasteiger partial charge in [0.1, 0.15) is 11.6 Å². The van der Waals surface area contributed by atoms with Crippen LogP contribution in [-0.2, 0) is 0 Å². The fourth-order valence-electron chi connectivity index (χ4n) is 4.01. The minimum Gasteiger partial charge on any atom is -0.494 e. The highest BCUT2D eigenvalue weighted by Crippen LogP contribution is 2.28. The summed E-state index contributed by atoms with van der Waals surface area (Å²) < 4.78 is 5.39. The lowest BCUT2D eigenvalue weighted by Gasteiger charge is -2.23. The van der Waals surface area contributed by atoms with E-state index in [-0.39, 0.29) is 11.9 Å².